The number of carbonyl (C=O) groups is 2. The highest BCUT2D eigenvalue weighted by Crippen LogP contribution is 2.27. The number of nitrogens with zero attached hydrogens (tertiary/aromatic N) is 2. The molecule has 0 aliphatic carbocycles. The van der Waals surface area contributed by atoms with Crippen LogP contribution in [0.5, 0.6) is 0 Å². The summed E-state index contributed by atoms with van der Waals surface area (Å²) in [7, 11) is 0. The summed E-state index contributed by atoms with van der Waals surface area (Å²) in [6.45, 7) is 3.12. The number of carbonyl (C=O) groups excluding carboxylic acids is 2. The maximum atomic E-state index is 13.2. The Labute approximate surface area is 170 Å². The molecule has 7 nitrogen and oxygen atoms in total. The summed E-state index contributed by atoms with van der Waals surface area (Å²) in [5.41, 5.74) is 1.36. The van der Waals surface area contributed by atoms with Crippen LogP contribution < -0.4 is 5.32 Å². The van der Waals surface area contributed by atoms with Crippen LogP contribution in [0.25, 0.3) is 0 Å². The van der Waals surface area contributed by atoms with E-state index >= 15 is 0 Å². The van der Waals surface area contributed by atoms with Crippen LogP contribution in [0.1, 0.15) is 32.9 Å². The van der Waals surface area contributed by atoms with Crippen LogP contribution >= 0.6 is 0 Å². The Kier molecular flexibility index (Phi) is 5.97. The summed E-state index contributed by atoms with van der Waals surface area (Å²) in [6, 6.07) is 7.76. The molecule has 30 heavy (non-hydrogen) atoms. The van der Waals surface area contributed by atoms with Crippen LogP contribution in [0.2, 0.25) is 0 Å². The Morgan fingerprint density at radius 2 is 1.93 bits per heavy atom. The third kappa shape index (κ3) is 4.38. The first kappa shape index (κ1) is 20.8. The first-order chi connectivity index (χ1) is 14.3. The van der Waals surface area contributed by atoms with Crippen molar-refractivity contribution in [2.45, 2.75) is 20.4 Å². The average molecular weight is 413 g/mol. The number of amides is 1. The van der Waals surface area contributed by atoms with Crippen molar-refractivity contribution in [3.63, 3.8) is 0 Å². The number of nitriles is 1. The van der Waals surface area contributed by atoms with Crippen molar-refractivity contribution in [1.82, 2.24) is 4.57 Å². The van der Waals surface area contributed by atoms with Gasteiger partial charge in [-0.25, -0.2) is 13.6 Å². The van der Waals surface area contributed by atoms with Gasteiger partial charge in [-0.2, -0.15) is 5.26 Å². The Morgan fingerprint density at radius 1 is 1.23 bits per heavy atom. The molecule has 0 fully saturated rings. The standard InChI is InChI=1S/C21H17F2N3O4/c1-12-13(2)26(10-17-4-3-5-29-17)20(18(12)9-24)25-19(27)11-30-21(28)14-6-15(22)8-16(23)7-14/h3-8H,10-11H2,1-2H3,(H,25,27). The number of anilines is 1. The molecule has 2 aromatic heterocycles. The molecule has 2 heterocycles. The van der Waals surface area contributed by atoms with E-state index in [0.717, 1.165) is 17.8 Å². The molecule has 1 amide bonds. The number of hydrogen-bond donors (Lipinski definition) is 1. The number of rotatable bonds is 6. The Bertz CT molecular complexity index is 1120. The van der Waals surface area contributed by atoms with Crippen molar-refractivity contribution in [2.75, 3.05) is 11.9 Å². The molecule has 1 N–H and O–H groups in total. The molecule has 0 aliphatic heterocycles. The quantitative estimate of drug-likeness (QED) is 0.622. The smallest absolute Gasteiger partial charge is 0.338 e. The molecular weight excluding hydrogens is 396 g/mol. The molecular formula is C21H17F2N3O4. The fourth-order valence-electron chi connectivity index (χ4n) is 2.94. The van der Waals surface area contributed by atoms with Gasteiger partial charge < -0.3 is 19.0 Å². The zero-order valence-corrected chi connectivity index (χ0v) is 16.2. The minimum absolute atomic E-state index is 0.238. The molecule has 0 bridgehead atoms. The lowest BCUT2D eigenvalue weighted by molar-refractivity contribution is -0.119. The van der Waals surface area contributed by atoms with Crippen molar-refractivity contribution >= 4 is 17.7 Å². The first-order valence-electron chi connectivity index (χ1n) is 8.85. The van der Waals surface area contributed by atoms with Crippen LogP contribution in [0, 0.1) is 36.8 Å². The lowest BCUT2D eigenvalue weighted by Gasteiger charge is -2.12. The number of furan rings is 1. The first-order valence-corrected chi connectivity index (χ1v) is 8.85. The second-order valence-corrected chi connectivity index (χ2v) is 6.49. The highest BCUT2D eigenvalue weighted by atomic mass is 19.1. The molecule has 0 saturated heterocycles. The van der Waals surface area contributed by atoms with Gasteiger partial charge in [-0.15, -0.1) is 0 Å². The predicted molar refractivity (Wildman–Crippen MR) is 102 cm³/mol. The van der Waals surface area contributed by atoms with Gasteiger partial charge in [0.2, 0.25) is 0 Å². The van der Waals surface area contributed by atoms with Crippen LogP contribution in [0.3, 0.4) is 0 Å². The average Bonchev–Trinajstić information content (AvgIpc) is 3.28. The number of halogens is 2. The van der Waals surface area contributed by atoms with Gasteiger partial charge in [0.25, 0.3) is 5.91 Å². The fraction of sp³-hybridized carbons (Fsp3) is 0.190. The SMILES string of the molecule is Cc1c(C#N)c(NC(=O)COC(=O)c2cc(F)cc(F)c2)n(Cc2ccco2)c1C. The number of ether oxygens (including phenoxy) is 1. The van der Waals surface area contributed by atoms with E-state index in [-0.39, 0.29) is 23.5 Å². The molecule has 3 rings (SSSR count). The van der Waals surface area contributed by atoms with E-state index in [1.165, 1.54) is 6.26 Å². The van der Waals surface area contributed by atoms with Crippen LogP contribution in [0.15, 0.2) is 41.0 Å². The third-order valence-corrected chi connectivity index (χ3v) is 4.53. The lowest BCUT2D eigenvalue weighted by atomic mass is 10.2. The van der Waals surface area contributed by atoms with E-state index in [9.17, 15) is 23.6 Å². The van der Waals surface area contributed by atoms with E-state index in [1.54, 1.807) is 30.5 Å². The van der Waals surface area contributed by atoms with E-state index in [0.29, 0.717) is 17.4 Å². The van der Waals surface area contributed by atoms with Gasteiger partial charge in [-0.05, 0) is 43.7 Å². The summed E-state index contributed by atoms with van der Waals surface area (Å²) in [6.07, 6.45) is 1.51. The van der Waals surface area contributed by atoms with Gasteiger partial charge in [-0.1, -0.05) is 0 Å². The van der Waals surface area contributed by atoms with Crippen molar-refractivity contribution in [1.29, 1.82) is 5.26 Å². The maximum Gasteiger partial charge on any atom is 0.338 e. The van der Waals surface area contributed by atoms with Crippen molar-refractivity contribution in [2.24, 2.45) is 0 Å². The summed E-state index contributed by atoms with van der Waals surface area (Å²) in [4.78, 5) is 24.3. The zero-order chi connectivity index (χ0) is 21.8. The summed E-state index contributed by atoms with van der Waals surface area (Å²) in [5.74, 6) is -2.79. The number of benzene rings is 1. The molecule has 154 valence electrons. The zero-order valence-electron chi connectivity index (χ0n) is 16.2. The molecule has 0 saturated carbocycles. The molecule has 0 unspecified atom stereocenters. The van der Waals surface area contributed by atoms with Gasteiger partial charge in [0.05, 0.1) is 23.9 Å². The van der Waals surface area contributed by atoms with Gasteiger partial charge in [0.1, 0.15) is 29.3 Å². The Morgan fingerprint density at radius 3 is 2.53 bits per heavy atom. The largest absolute Gasteiger partial charge is 0.467 e. The molecule has 0 spiro atoms. The Balaban J connectivity index is 1.75. The lowest BCUT2D eigenvalue weighted by Crippen LogP contribution is -2.23. The van der Waals surface area contributed by atoms with Crippen molar-refractivity contribution < 1.29 is 27.5 Å². The highest BCUT2D eigenvalue weighted by molar-refractivity contribution is 5.96. The third-order valence-electron chi connectivity index (χ3n) is 4.53. The second kappa shape index (κ2) is 8.61. The second-order valence-electron chi connectivity index (χ2n) is 6.49. The maximum absolute atomic E-state index is 13.2. The molecule has 1 aromatic carbocycles. The molecule has 0 radical (unpaired) electrons. The van der Waals surface area contributed by atoms with Crippen LogP contribution in [-0.2, 0) is 16.1 Å². The molecule has 9 heteroatoms. The van der Waals surface area contributed by atoms with Gasteiger partial charge >= 0.3 is 5.97 Å². The van der Waals surface area contributed by atoms with E-state index in [4.69, 9.17) is 9.15 Å². The van der Waals surface area contributed by atoms with Gasteiger partial charge in [0, 0.05) is 11.8 Å². The fourth-order valence-corrected chi connectivity index (χ4v) is 2.94. The predicted octanol–water partition coefficient (Wildman–Crippen LogP) is 3.69. The minimum Gasteiger partial charge on any atom is -0.467 e. The monoisotopic (exact) mass is 413 g/mol. The van der Waals surface area contributed by atoms with Crippen molar-refractivity contribution in [3.8, 4) is 6.07 Å². The van der Waals surface area contributed by atoms with E-state index in [1.807, 2.05) is 0 Å². The number of aromatic nitrogens is 1. The van der Waals surface area contributed by atoms with Crippen LogP contribution in [-0.4, -0.2) is 23.1 Å². The molecule has 3 aromatic rings. The number of hydrogen-bond acceptors (Lipinski definition) is 5. The normalized spacial score (nSPS) is 10.5. The highest BCUT2D eigenvalue weighted by Gasteiger charge is 2.21. The van der Waals surface area contributed by atoms with Gasteiger partial charge in [0.15, 0.2) is 6.61 Å². The summed E-state index contributed by atoms with van der Waals surface area (Å²) < 4.78 is 38.3. The molecule has 0 atom stereocenters. The molecule has 0 aliphatic rings. The van der Waals surface area contributed by atoms with Gasteiger partial charge in [-0.3, -0.25) is 4.79 Å². The van der Waals surface area contributed by atoms with E-state index < -0.39 is 30.1 Å². The van der Waals surface area contributed by atoms with Crippen LogP contribution in [0.4, 0.5) is 14.6 Å². The minimum atomic E-state index is -1.05. The number of esters is 1. The number of nitrogens with one attached hydrogen (secondary N) is 1. The Hall–Kier alpha value is -3.93. The summed E-state index contributed by atoms with van der Waals surface area (Å²) in [5, 5.41) is 12.1. The summed E-state index contributed by atoms with van der Waals surface area (Å²) >= 11 is 0. The topological polar surface area (TPSA) is 97.3 Å². The van der Waals surface area contributed by atoms with E-state index in [2.05, 4.69) is 11.4 Å². The van der Waals surface area contributed by atoms with Crippen molar-refractivity contribution in [3.05, 3.63) is 76.4 Å².